The lowest BCUT2D eigenvalue weighted by molar-refractivity contribution is -0.117. The van der Waals surface area contributed by atoms with Crippen LogP contribution in [-0.2, 0) is 4.79 Å². The van der Waals surface area contributed by atoms with E-state index in [1.165, 1.54) is 0 Å². The Morgan fingerprint density at radius 3 is 2.88 bits per heavy atom. The van der Waals surface area contributed by atoms with Crippen molar-refractivity contribution in [1.29, 1.82) is 0 Å². The molecule has 7 nitrogen and oxygen atoms in total. The zero-order chi connectivity index (χ0) is 12.0. The number of nitrogens with two attached hydrogens (primary N) is 2. The summed E-state index contributed by atoms with van der Waals surface area (Å²) in [4.78, 5) is 25.3. The summed E-state index contributed by atoms with van der Waals surface area (Å²) in [5.74, 6) is 3.91. The van der Waals surface area contributed by atoms with Gasteiger partial charge in [-0.05, 0) is 12.1 Å². The number of thioether (sulfide) groups is 1. The molecule has 86 valence electrons. The van der Waals surface area contributed by atoms with Gasteiger partial charge in [-0.2, -0.15) is 5.10 Å². The van der Waals surface area contributed by atoms with Crippen LogP contribution in [0.5, 0.6) is 0 Å². The maximum Gasteiger partial charge on any atom is 0.274 e. The van der Waals surface area contributed by atoms with E-state index in [4.69, 9.17) is 11.6 Å². The van der Waals surface area contributed by atoms with Crippen LogP contribution in [0.25, 0.3) is 0 Å². The molecule has 0 radical (unpaired) electrons. The number of aromatic nitrogens is 1. The van der Waals surface area contributed by atoms with Crippen LogP contribution in [0.4, 0.5) is 0 Å². The number of carbonyl (C=O) groups excluding carboxylic acids is 2. The van der Waals surface area contributed by atoms with Gasteiger partial charge >= 0.3 is 0 Å². The van der Waals surface area contributed by atoms with E-state index in [1.807, 2.05) is 0 Å². The van der Waals surface area contributed by atoms with Crippen LogP contribution >= 0.6 is 11.8 Å². The highest BCUT2D eigenvalue weighted by atomic mass is 32.2. The fraction of sp³-hybridized carbons (Fsp3) is 0.125. The van der Waals surface area contributed by atoms with Crippen LogP contribution in [0.3, 0.4) is 0 Å². The Balaban J connectivity index is 2.38. The summed E-state index contributed by atoms with van der Waals surface area (Å²) in [7, 11) is 0. The minimum absolute atomic E-state index is 0.0149. The first-order chi connectivity index (χ1) is 7.63. The van der Waals surface area contributed by atoms with Gasteiger partial charge in [-0.3, -0.25) is 14.9 Å². The number of aromatic amines is 1. The van der Waals surface area contributed by atoms with Gasteiger partial charge in [0, 0.05) is 6.20 Å². The lowest BCUT2D eigenvalue weighted by Gasteiger charge is -2.01. The Kier molecular flexibility index (Phi) is 4.40. The number of amides is 2. The summed E-state index contributed by atoms with van der Waals surface area (Å²) in [6, 6.07) is 3.22. The Morgan fingerprint density at radius 2 is 2.31 bits per heavy atom. The monoisotopic (exact) mass is 241 g/mol. The number of imide groups is 1. The SMILES string of the molecule is NN=C(N)SCC(=O)NC(=O)c1ccc[nH]1. The molecule has 1 heterocycles. The molecule has 0 saturated heterocycles. The summed E-state index contributed by atoms with van der Waals surface area (Å²) in [6.45, 7) is 0. The van der Waals surface area contributed by atoms with Gasteiger partial charge in [0.05, 0.1) is 5.75 Å². The number of hydrogen-bond acceptors (Lipinski definition) is 5. The molecule has 16 heavy (non-hydrogen) atoms. The number of nitrogens with one attached hydrogen (secondary N) is 2. The molecule has 0 spiro atoms. The second kappa shape index (κ2) is 5.81. The third-order valence-electron chi connectivity index (χ3n) is 1.57. The van der Waals surface area contributed by atoms with Gasteiger partial charge in [-0.25, -0.2) is 0 Å². The van der Waals surface area contributed by atoms with Crippen molar-refractivity contribution in [1.82, 2.24) is 10.3 Å². The van der Waals surface area contributed by atoms with Crippen molar-refractivity contribution in [3.63, 3.8) is 0 Å². The van der Waals surface area contributed by atoms with E-state index in [0.717, 1.165) is 11.8 Å². The van der Waals surface area contributed by atoms with Gasteiger partial charge in [0.1, 0.15) is 5.69 Å². The van der Waals surface area contributed by atoms with E-state index in [-0.39, 0.29) is 10.9 Å². The number of H-pyrrole nitrogens is 1. The highest BCUT2D eigenvalue weighted by Gasteiger charge is 2.11. The molecule has 0 saturated carbocycles. The predicted octanol–water partition coefficient (Wildman–Crippen LogP) is -0.807. The summed E-state index contributed by atoms with van der Waals surface area (Å²) >= 11 is 0.952. The van der Waals surface area contributed by atoms with E-state index >= 15 is 0 Å². The third kappa shape index (κ3) is 3.65. The fourth-order valence-corrected chi connectivity index (χ4v) is 1.30. The topological polar surface area (TPSA) is 126 Å². The summed E-state index contributed by atoms with van der Waals surface area (Å²) < 4.78 is 0. The van der Waals surface area contributed by atoms with Crippen molar-refractivity contribution in [3.05, 3.63) is 24.0 Å². The first kappa shape index (κ1) is 12.1. The van der Waals surface area contributed by atoms with Gasteiger partial charge in [-0.1, -0.05) is 11.8 Å². The Labute approximate surface area is 95.6 Å². The van der Waals surface area contributed by atoms with E-state index < -0.39 is 11.8 Å². The maximum absolute atomic E-state index is 11.4. The number of hydrogen-bond donors (Lipinski definition) is 4. The molecule has 0 aromatic carbocycles. The normalized spacial score (nSPS) is 11.1. The average Bonchev–Trinajstić information content (AvgIpc) is 2.79. The molecule has 0 aliphatic carbocycles. The number of rotatable bonds is 3. The molecule has 0 bridgehead atoms. The lowest BCUT2D eigenvalue weighted by atomic mass is 10.4. The summed E-state index contributed by atoms with van der Waals surface area (Å²) in [5, 5.41) is 5.44. The van der Waals surface area contributed by atoms with Gasteiger partial charge < -0.3 is 16.6 Å². The fourth-order valence-electron chi connectivity index (χ4n) is 0.878. The minimum atomic E-state index is -0.487. The van der Waals surface area contributed by atoms with E-state index in [0.29, 0.717) is 5.69 Å². The zero-order valence-electron chi connectivity index (χ0n) is 8.27. The van der Waals surface area contributed by atoms with Gasteiger partial charge in [-0.15, -0.1) is 0 Å². The summed E-state index contributed by atoms with van der Waals surface area (Å²) in [6.07, 6.45) is 1.59. The zero-order valence-corrected chi connectivity index (χ0v) is 9.08. The summed E-state index contributed by atoms with van der Waals surface area (Å²) in [5.41, 5.74) is 5.58. The molecule has 1 aromatic rings. The van der Waals surface area contributed by atoms with Gasteiger partial charge in [0.25, 0.3) is 5.91 Å². The van der Waals surface area contributed by atoms with E-state index in [1.54, 1.807) is 18.3 Å². The molecule has 2 amide bonds. The third-order valence-corrected chi connectivity index (χ3v) is 2.38. The molecule has 8 heteroatoms. The molecule has 0 aliphatic heterocycles. The quantitative estimate of drug-likeness (QED) is 0.238. The van der Waals surface area contributed by atoms with Crippen LogP contribution in [0.2, 0.25) is 0 Å². The highest BCUT2D eigenvalue weighted by molar-refractivity contribution is 8.14. The van der Waals surface area contributed by atoms with Crippen LogP contribution in [0.1, 0.15) is 10.5 Å². The molecular formula is C8H11N5O2S. The molecule has 0 fully saturated rings. The van der Waals surface area contributed by atoms with Crippen molar-refractivity contribution >= 4 is 28.7 Å². The largest absolute Gasteiger partial charge is 0.377 e. The first-order valence-electron chi connectivity index (χ1n) is 4.27. The number of amidine groups is 1. The Hall–Kier alpha value is -1.96. The number of nitrogens with zero attached hydrogens (tertiary/aromatic N) is 1. The first-order valence-corrected chi connectivity index (χ1v) is 5.25. The van der Waals surface area contributed by atoms with Crippen molar-refractivity contribution in [2.75, 3.05) is 5.75 Å². The second-order valence-corrected chi connectivity index (χ2v) is 3.71. The Bertz CT molecular complexity index is 401. The maximum atomic E-state index is 11.4. The van der Waals surface area contributed by atoms with Crippen LogP contribution in [0.15, 0.2) is 23.4 Å². The minimum Gasteiger partial charge on any atom is -0.377 e. The van der Waals surface area contributed by atoms with Gasteiger partial charge in [0.2, 0.25) is 5.91 Å². The molecule has 1 rings (SSSR count). The lowest BCUT2D eigenvalue weighted by Crippen LogP contribution is -2.32. The average molecular weight is 241 g/mol. The predicted molar refractivity (Wildman–Crippen MR) is 61.5 cm³/mol. The van der Waals surface area contributed by atoms with E-state index in [9.17, 15) is 9.59 Å². The molecule has 6 N–H and O–H groups in total. The van der Waals surface area contributed by atoms with Crippen molar-refractivity contribution < 1.29 is 9.59 Å². The van der Waals surface area contributed by atoms with Gasteiger partial charge in [0.15, 0.2) is 5.17 Å². The van der Waals surface area contributed by atoms with Crippen molar-refractivity contribution in [2.24, 2.45) is 16.7 Å². The Morgan fingerprint density at radius 1 is 1.56 bits per heavy atom. The van der Waals surface area contributed by atoms with Crippen LogP contribution in [-0.4, -0.2) is 27.7 Å². The van der Waals surface area contributed by atoms with Crippen LogP contribution in [0, 0.1) is 0 Å². The molecule has 0 unspecified atom stereocenters. The molecule has 0 aliphatic rings. The molecular weight excluding hydrogens is 230 g/mol. The standard InChI is InChI=1S/C8H11N5O2S/c9-8(13-10)16-4-6(14)12-7(15)5-2-1-3-11-5/h1-3,11H,4,10H2,(H2,9,13)(H,12,14,15). The molecule has 1 aromatic heterocycles. The second-order valence-electron chi connectivity index (χ2n) is 2.72. The van der Waals surface area contributed by atoms with Crippen molar-refractivity contribution in [3.8, 4) is 0 Å². The van der Waals surface area contributed by atoms with E-state index in [2.05, 4.69) is 15.4 Å². The molecule has 0 atom stereocenters. The number of hydrazone groups is 1. The van der Waals surface area contributed by atoms with Crippen LogP contribution < -0.4 is 16.9 Å². The van der Waals surface area contributed by atoms with Crippen molar-refractivity contribution in [2.45, 2.75) is 0 Å². The highest BCUT2D eigenvalue weighted by Crippen LogP contribution is 1.99. The smallest absolute Gasteiger partial charge is 0.274 e. The number of carbonyl (C=O) groups is 2.